The van der Waals surface area contributed by atoms with Gasteiger partial charge in [-0.1, -0.05) is 19.4 Å². The zero-order chi connectivity index (χ0) is 15.0. The Morgan fingerprint density at radius 3 is 2.76 bits per heavy atom. The van der Waals surface area contributed by atoms with Crippen LogP contribution in [0.25, 0.3) is 0 Å². The number of allylic oxidation sites excluding steroid dienone is 2. The van der Waals surface area contributed by atoms with E-state index in [4.69, 9.17) is 5.41 Å². The second-order valence-corrected chi connectivity index (χ2v) is 7.85. The van der Waals surface area contributed by atoms with Crippen LogP contribution in [-0.2, 0) is 4.79 Å². The number of hydrogen-bond acceptors (Lipinski definition) is 2. The molecule has 2 nitrogen and oxygen atoms in total. The Morgan fingerprint density at radius 1 is 1.14 bits per heavy atom. The molecule has 0 heterocycles. The summed E-state index contributed by atoms with van der Waals surface area (Å²) in [6, 6.07) is 0. The minimum Gasteiger partial charge on any atom is -0.305 e. The molecular formula is C19H29NO. The number of hydrogen-bond donors (Lipinski definition) is 1. The summed E-state index contributed by atoms with van der Waals surface area (Å²) in [6.45, 7) is 4.58. The van der Waals surface area contributed by atoms with Gasteiger partial charge >= 0.3 is 0 Å². The molecule has 3 aliphatic rings. The number of Topliss-reactive ketones (excluding diaryl/α,β-unsaturated/α-hetero) is 1. The molecule has 116 valence electrons. The van der Waals surface area contributed by atoms with Gasteiger partial charge in [0.2, 0.25) is 0 Å². The quantitative estimate of drug-likeness (QED) is 0.674. The lowest BCUT2D eigenvalue weighted by atomic mass is 9.54. The third-order valence-corrected chi connectivity index (χ3v) is 6.63. The summed E-state index contributed by atoms with van der Waals surface area (Å²) in [5.74, 6) is 2.28. The molecule has 0 aliphatic heterocycles. The van der Waals surface area contributed by atoms with Crippen molar-refractivity contribution < 1.29 is 4.79 Å². The number of fused-ring (bicyclic) bond motifs is 3. The molecule has 21 heavy (non-hydrogen) atoms. The van der Waals surface area contributed by atoms with Gasteiger partial charge in [0, 0.05) is 18.1 Å². The van der Waals surface area contributed by atoms with Crippen molar-refractivity contribution in [3.05, 3.63) is 11.6 Å². The van der Waals surface area contributed by atoms with Gasteiger partial charge in [0.05, 0.1) is 0 Å². The van der Waals surface area contributed by atoms with Gasteiger partial charge in [0.15, 0.2) is 0 Å². The van der Waals surface area contributed by atoms with E-state index in [0.29, 0.717) is 11.2 Å². The lowest BCUT2D eigenvalue weighted by Gasteiger charge is -2.50. The van der Waals surface area contributed by atoms with Crippen LogP contribution in [-0.4, -0.2) is 11.5 Å². The first kappa shape index (κ1) is 15.0. The highest BCUT2D eigenvalue weighted by Gasteiger charge is 2.46. The summed E-state index contributed by atoms with van der Waals surface area (Å²) in [6.07, 6.45) is 12.2. The first-order valence-electron chi connectivity index (χ1n) is 8.82. The second kappa shape index (κ2) is 5.70. The van der Waals surface area contributed by atoms with Gasteiger partial charge in [-0.25, -0.2) is 0 Å². The summed E-state index contributed by atoms with van der Waals surface area (Å²) in [7, 11) is 0. The van der Waals surface area contributed by atoms with Gasteiger partial charge in [0.1, 0.15) is 5.78 Å². The van der Waals surface area contributed by atoms with Gasteiger partial charge in [0.25, 0.3) is 0 Å². The molecule has 0 amide bonds. The molecule has 4 atom stereocenters. The number of nitrogens with one attached hydrogen (secondary N) is 1. The summed E-state index contributed by atoms with van der Waals surface area (Å²) in [5, 5.41) is 7.98. The van der Waals surface area contributed by atoms with E-state index in [2.05, 4.69) is 19.9 Å². The van der Waals surface area contributed by atoms with Gasteiger partial charge in [-0.05, 0) is 74.7 Å². The highest BCUT2D eigenvalue weighted by atomic mass is 16.1. The van der Waals surface area contributed by atoms with Crippen LogP contribution < -0.4 is 0 Å². The lowest BCUT2D eigenvalue weighted by molar-refractivity contribution is -0.122. The van der Waals surface area contributed by atoms with Crippen molar-refractivity contribution in [2.24, 2.45) is 23.2 Å². The van der Waals surface area contributed by atoms with E-state index in [9.17, 15) is 4.79 Å². The van der Waals surface area contributed by atoms with Crippen LogP contribution in [0.15, 0.2) is 11.6 Å². The van der Waals surface area contributed by atoms with Crippen LogP contribution >= 0.6 is 0 Å². The Morgan fingerprint density at radius 2 is 1.95 bits per heavy atom. The predicted octanol–water partition coefficient (Wildman–Crippen LogP) is 4.93. The Bertz CT molecular complexity index is 478. The van der Waals surface area contributed by atoms with Gasteiger partial charge in [-0.2, -0.15) is 0 Å². The average molecular weight is 287 g/mol. The predicted molar refractivity (Wildman–Crippen MR) is 86.6 cm³/mol. The number of rotatable bonds is 0. The maximum absolute atomic E-state index is 12.1. The molecule has 0 bridgehead atoms. The maximum atomic E-state index is 12.1. The fourth-order valence-electron chi connectivity index (χ4n) is 5.12. The molecule has 2 fully saturated rings. The minimum atomic E-state index is 0.253. The number of ketones is 1. The summed E-state index contributed by atoms with van der Waals surface area (Å²) >= 11 is 0. The minimum absolute atomic E-state index is 0.253. The van der Waals surface area contributed by atoms with Crippen LogP contribution in [0.1, 0.15) is 71.6 Å². The molecular weight excluding hydrogens is 258 g/mol. The van der Waals surface area contributed by atoms with E-state index >= 15 is 0 Å². The van der Waals surface area contributed by atoms with E-state index < -0.39 is 0 Å². The zero-order valence-electron chi connectivity index (χ0n) is 13.6. The van der Waals surface area contributed by atoms with Gasteiger partial charge < -0.3 is 5.41 Å². The lowest BCUT2D eigenvalue weighted by Crippen LogP contribution is -2.41. The molecule has 0 saturated heterocycles. The summed E-state index contributed by atoms with van der Waals surface area (Å²) in [4.78, 5) is 12.1. The molecule has 0 spiro atoms. The molecule has 0 aromatic rings. The highest BCUT2D eigenvalue weighted by Crippen LogP contribution is 2.55. The second-order valence-electron chi connectivity index (χ2n) is 7.85. The normalized spacial score (nSPS) is 41.2. The van der Waals surface area contributed by atoms with Crippen LogP contribution in [0.2, 0.25) is 0 Å². The van der Waals surface area contributed by atoms with Crippen LogP contribution in [0.3, 0.4) is 0 Å². The standard InChI is InChI=1S/C19H29NO/c1-13-6-9-17-14(4-3-5-18(13)21)7-8-15-12-16(20)10-11-19(15,17)2/h12-14,17,20H,3-11H2,1-2H3. The van der Waals surface area contributed by atoms with E-state index in [0.717, 1.165) is 49.7 Å². The van der Waals surface area contributed by atoms with Gasteiger partial charge in [-0.15, -0.1) is 0 Å². The van der Waals surface area contributed by atoms with Crippen molar-refractivity contribution in [1.29, 1.82) is 5.41 Å². The highest BCUT2D eigenvalue weighted by molar-refractivity contribution is 5.94. The molecule has 0 radical (unpaired) electrons. The van der Waals surface area contributed by atoms with Crippen LogP contribution in [0, 0.1) is 28.6 Å². The van der Waals surface area contributed by atoms with E-state index in [1.165, 1.54) is 25.7 Å². The monoisotopic (exact) mass is 287 g/mol. The molecule has 2 saturated carbocycles. The van der Waals surface area contributed by atoms with Crippen LogP contribution in [0.5, 0.6) is 0 Å². The third kappa shape index (κ3) is 2.74. The van der Waals surface area contributed by atoms with Crippen LogP contribution in [0.4, 0.5) is 0 Å². The molecule has 0 aromatic heterocycles. The van der Waals surface area contributed by atoms with Crippen molar-refractivity contribution >= 4 is 11.5 Å². The first-order valence-corrected chi connectivity index (χ1v) is 8.82. The van der Waals surface area contributed by atoms with Crippen molar-refractivity contribution in [2.75, 3.05) is 0 Å². The Kier molecular flexibility index (Phi) is 4.07. The fourth-order valence-corrected chi connectivity index (χ4v) is 5.12. The summed E-state index contributed by atoms with van der Waals surface area (Å²) in [5.41, 5.74) is 2.67. The Hall–Kier alpha value is -0.920. The van der Waals surface area contributed by atoms with Crippen molar-refractivity contribution in [3.8, 4) is 0 Å². The van der Waals surface area contributed by atoms with E-state index in [1.54, 1.807) is 5.57 Å². The van der Waals surface area contributed by atoms with Crippen molar-refractivity contribution in [2.45, 2.75) is 71.6 Å². The molecule has 4 unspecified atom stereocenters. The fraction of sp³-hybridized carbons (Fsp3) is 0.789. The van der Waals surface area contributed by atoms with E-state index in [-0.39, 0.29) is 5.92 Å². The SMILES string of the molecule is CC1CCC2C(CCCC1=O)CCC1=CC(=N)CCC12C. The summed E-state index contributed by atoms with van der Waals surface area (Å²) < 4.78 is 0. The first-order chi connectivity index (χ1) is 10.0. The zero-order valence-corrected chi connectivity index (χ0v) is 13.6. The number of carbonyl (C=O) groups is 1. The molecule has 1 N–H and O–H groups in total. The molecule has 3 rings (SSSR count). The Balaban J connectivity index is 1.87. The van der Waals surface area contributed by atoms with E-state index in [1.807, 2.05) is 0 Å². The smallest absolute Gasteiger partial charge is 0.135 e. The topological polar surface area (TPSA) is 40.9 Å². The average Bonchev–Trinajstić information content (AvgIpc) is 2.52. The maximum Gasteiger partial charge on any atom is 0.135 e. The van der Waals surface area contributed by atoms with Crippen molar-refractivity contribution in [3.63, 3.8) is 0 Å². The molecule has 2 heteroatoms. The Labute approximate surface area is 128 Å². The molecule has 3 aliphatic carbocycles. The van der Waals surface area contributed by atoms with Crippen molar-refractivity contribution in [1.82, 2.24) is 0 Å². The molecule has 0 aromatic carbocycles. The largest absolute Gasteiger partial charge is 0.305 e. The third-order valence-electron chi connectivity index (χ3n) is 6.63. The van der Waals surface area contributed by atoms with Gasteiger partial charge in [-0.3, -0.25) is 4.79 Å². The number of carbonyl (C=O) groups excluding carboxylic acids is 1.